The maximum Gasteiger partial charge on any atom is 0.317 e. The molecule has 0 bridgehead atoms. The van der Waals surface area contributed by atoms with Gasteiger partial charge in [-0.05, 0) is 0 Å². The van der Waals surface area contributed by atoms with E-state index in [9.17, 15) is 4.79 Å². The van der Waals surface area contributed by atoms with E-state index in [1.165, 1.54) is 0 Å². The Bertz CT molecular complexity index is 196. The fourth-order valence-electron chi connectivity index (χ4n) is 0.646. The Morgan fingerprint density at radius 1 is 1.54 bits per heavy atom. The minimum atomic E-state index is -1.46. The van der Waals surface area contributed by atoms with Crippen LogP contribution in [-0.2, 0) is 4.79 Å². The smallest absolute Gasteiger partial charge is 0.317 e. The molecular weight excluding hydrogens is 178 g/mol. The Hall–Kier alpha value is -1.18. The summed E-state index contributed by atoms with van der Waals surface area (Å²) in [5.74, 6) is -1.62. The zero-order valence-electron chi connectivity index (χ0n) is 6.90. The van der Waals surface area contributed by atoms with Gasteiger partial charge in [0.25, 0.3) is 0 Å². The van der Waals surface area contributed by atoms with Crippen LogP contribution in [0, 0.1) is 5.41 Å². The molecule has 76 valence electrons. The minimum Gasteiger partial charge on any atom is -0.480 e. The van der Waals surface area contributed by atoms with Crippen molar-refractivity contribution in [3.8, 4) is 0 Å². The summed E-state index contributed by atoms with van der Waals surface area (Å²) in [6.07, 6.45) is -2.72. The van der Waals surface area contributed by atoms with Crippen LogP contribution >= 0.6 is 0 Å². The Morgan fingerprint density at radius 3 is 2.46 bits per heavy atom. The molecule has 0 aromatic heterocycles. The highest BCUT2D eigenvalue weighted by Crippen LogP contribution is 1.90. The van der Waals surface area contributed by atoms with E-state index in [1.807, 2.05) is 0 Å². The van der Waals surface area contributed by atoms with Crippen LogP contribution in [0.1, 0.15) is 0 Å². The average Bonchev–Trinajstić information content (AvgIpc) is 2.02. The molecule has 0 spiro atoms. The lowest BCUT2D eigenvalue weighted by atomic mass is 10.2. The summed E-state index contributed by atoms with van der Waals surface area (Å²) in [7, 11) is 0. The predicted octanol–water partition coefficient (Wildman–Crippen LogP) is -2.68. The van der Waals surface area contributed by atoms with Gasteiger partial charge in [0, 0.05) is 6.54 Å². The summed E-state index contributed by atoms with van der Waals surface area (Å²) in [6, 6.07) is 0. The van der Waals surface area contributed by atoms with E-state index >= 15 is 0 Å². The van der Waals surface area contributed by atoms with Crippen LogP contribution in [-0.4, -0.2) is 52.4 Å². The third kappa shape index (κ3) is 5.12. The zero-order chi connectivity index (χ0) is 10.4. The van der Waals surface area contributed by atoms with E-state index in [-0.39, 0.29) is 13.1 Å². The van der Waals surface area contributed by atoms with Crippen molar-refractivity contribution in [2.24, 2.45) is 5.73 Å². The van der Waals surface area contributed by atoms with Gasteiger partial charge in [-0.1, -0.05) is 0 Å². The first kappa shape index (κ1) is 11.8. The summed E-state index contributed by atoms with van der Waals surface area (Å²) >= 11 is 0. The number of aliphatic hydroxyl groups excluding tert-OH is 2. The molecule has 0 fully saturated rings. The largest absolute Gasteiger partial charge is 0.480 e. The predicted molar refractivity (Wildman–Crippen MR) is 44.4 cm³/mol. The van der Waals surface area contributed by atoms with Gasteiger partial charge in [-0.15, -0.1) is 0 Å². The highest BCUT2D eigenvalue weighted by Gasteiger charge is 2.18. The van der Waals surface area contributed by atoms with Crippen molar-refractivity contribution in [2.45, 2.75) is 12.2 Å². The molecule has 0 aliphatic heterocycles. The van der Waals surface area contributed by atoms with Gasteiger partial charge < -0.3 is 26.4 Å². The first-order valence-electron chi connectivity index (χ1n) is 3.57. The molecule has 0 aromatic rings. The fraction of sp³-hybridized carbons (Fsp3) is 0.667. The fourth-order valence-corrected chi connectivity index (χ4v) is 0.646. The lowest BCUT2D eigenvalue weighted by Crippen LogP contribution is -2.44. The van der Waals surface area contributed by atoms with Crippen molar-refractivity contribution in [1.82, 2.24) is 5.32 Å². The lowest BCUT2D eigenvalue weighted by molar-refractivity contribution is -0.136. The van der Waals surface area contributed by atoms with Crippen LogP contribution in [0.4, 0.5) is 0 Å². The van der Waals surface area contributed by atoms with Gasteiger partial charge in [-0.3, -0.25) is 10.2 Å². The van der Waals surface area contributed by atoms with E-state index in [1.54, 1.807) is 0 Å². The molecule has 0 aliphatic rings. The number of aliphatic carboxylic acids is 1. The molecule has 0 heterocycles. The number of aliphatic hydroxyl groups is 2. The van der Waals surface area contributed by atoms with Gasteiger partial charge in [-0.25, -0.2) is 0 Å². The summed E-state index contributed by atoms with van der Waals surface area (Å²) in [4.78, 5) is 10.0. The third-order valence-corrected chi connectivity index (χ3v) is 1.31. The highest BCUT2D eigenvalue weighted by molar-refractivity contribution is 5.82. The molecule has 0 rings (SSSR count). The molecule has 13 heavy (non-hydrogen) atoms. The average molecular weight is 191 g/mol. The Labute approximate surface area is 74.7 Å². The van der Waals surface area contributed by atoms with Crippen LogP contribution in [0.15, 0.2) is 0 Å². The maximum absolute atomic E-state index is 10.0. The molecule has 0 aromatic carbocycles. The second-order valence-electron chi connectivity index (χ2n) is 2.49. The van der Waals surface area contributed by atoms with Gasteiger partial charge in [0.05, 0.1) is 12.6 Å². The highest BCUT2D eigenvalue weighted by atomic mass is 16.4. The number of carboxylic acids is 1. The number of hydrogen-bond donors (Lipinski definition) is 6. The maximum atomic E-state index is 10.0. The SMILES string of the molecule is N=C(N)C(O)C(O)CNCC(=O)O. The lowest BCUT2D eigenvalue weighted by Gasteiger charge is -2.16. The molecule has 7 N–H and O–H groups in total. The van der Waals surface area contributed by atoms with Crippen molar-refractivity contribution in [1.29, 1.82) is 5.41 Å². The number of rotatable bonds is 6. The number of hydrogen-bond acceptors (Lipinski definition) is 5. The molecule has 0 aliphatic carbocycles. The Morgan fingerprint density at radius 2 is 2.08 bits per heavy atom. The van der Waals surface area contributed by atoms with Crippen molar-refractivity contribution in [3.63, 3.8) is 0 Å². The van der Waals surface area contributed by atoms with Gasteiger partial charge in [0.1, 0.15) is 11.9 Å². The van der Waals surface area contributed by atoms with Gasteiger partial charge >= 0.3 is 5.97 Å². The zero-order valence-corrected chi connectivity index (χ0v) is 6.90. The molecule has 2 atom stereocenters. The van der Waals surface area contributed by atoms with Crippen molar-refractivity contribution in [2.75, 3.05) is 13.1 Å². The van der Waals surface area contributed by atoms with Crippen molar-refractivity contribution in [3.05, 3.63) is 0 Å². The van der Waals surface area contributed by atoms with Crippen LogP contribution in [0.2, 0.25) is 0 Å². The van der Waals surface area contributed by atoms with E-state index in [2.05, 4.69) is 5.32 Å². The Kier molecular flexibility index (Phi) is 4.97. The van der Waals surface area contributed by atoms with Crippen molar-refractivity contribution < 1.29 is 20.1 Å². The van der Waals surface area contributed by atoms with Crippen molar-refractivity contribution >= 4 is 11.8 Å². The third-order valence-electron chi connectivity index (χ3n) is 1.31. The molecule has 0 saturated carbocycles. The summed E-state index contributed by atoms with van der Waals surface area (Å²) in [6.45, 7) is -0.450. The first-order chi connectivity index (χ1) is 5.95. The molecule has 7 nitrogen and oxygen atoms in total. The van der Waals surface area contributed by atoms with Crippen LogP contribution in [0.5, 0.6) is 0 Å². The number of carbonyl (C=O) groups is 1. The topological polar surface area (TPSA) is 140 Å². The number of carboxylic acid groups (broad SMARTS) is 1. The normalized spacial score (nSPS) is 14.9. The van der Waals surface area contributed by atoms with E-state index in [0.717, 1.165) is 0 Å². The van der Waals surface area contributed by atoms with Crippen LogP contribution in [0.3, 0.4) is 0 Å². The van der Waals surface area contributed by atoms with Gasteiger partial charge in [0.2, 0.25) is 0 Å². The second-order valence-corrected chi connectivity index (χ2v) is 2.49. The summed E-state index contributed by atoms with van der Waals surface area (Å²) < 4.78 is 0. The minimum absolute atomic E-state index is 0.132. The molecule has 7 heteroatoms. The van der Waals surface area contributed by atoms with Crippen LogP contribution in [0.25, 0.3) is 0 Å². The number of nitrogens with one attached hydrogen (secondary N) is 2. The van der Waals surface area contributed by atoms with Crippen LogP contribution < -0.4 is 11.1 Å². The van der Waals surface area contributed by atoms with E-state index < -0.39 is 24.0 Å². The molecule has 0 saturated heterocycles. The van der Waals surface area contributed by atoms with Gasteiger partial charge in [0.15, 0.2) is 0 Å². The summed E-state index contributed by atoms with van der Waals surface area (Å²) in [5, 5.41) is 35.4. The summed E-state index contributed by atoms with van der Waals surface area (Å²) in [5.41, 5.74) is 4.90. The second kappa shape index (κ2) is 5.46. The van der Waals surface area contributed by atoms with E-state index in [0.29, 0.717) is 0 Å². The standard InChI is InChI=1S/C6H13N3O4/c7-6(8)5(13)3(10)1-9-2-4(11)12/h3,5,9-10,13H,1-2H2,(H3,7,8)(H,11,12). The quantitative estimate of drug-likeness (QED) is 0.200. The Balaban J connectivity index is 3.67. The number of amidine groups is 1. The van der Waals surface area contributed by atoms with Gasteiger partial charge in [-0.2, -0.15) is 0 Å². The van der Waals surface area contributed by atoms with E-state index in [4.69, 9.17) is 26.5 Å². The molecule has 0 amide bonds. The molecule has 2 unspecified atom stereocenters. The first-order valence-corrected chi connectivity index (χ1v) is 3.57. The molecule has 0 radical (unpaired) electrons. The molecular formula is C6H13N3O4. The number of nitrogens with two attached hydrogens (primary N) is 1. The monoisotopic (exact) mass is 191 g/mol.